The van der Waals surface area contributed by atoms with Gasteiger partial charge in [-0.15, -0.1) is 0 Å². The number of benzene rings is 1. The van der Waals surface area contributed by atoms with Gasteiger partial charge in [0.15, 0.2) is 0 Å². The second-order valence-electron chi connectivity index (χ2n) is 4.55. The number of carbonyl (C=O) groups is 1. The highest BCUT2D eigenvalue weighted by Gasteiger charge is 2.16. The summed E-state index contributed by atoms with van der Waals surface area (Å²) in [5, 5.41) is 0. The van der Waals surface area contributed by atoms with E-state index in [9.17, 15) is 9.18 Å². The van der Waals surface area contributed by atoms with Gasteiger partial charge in [-0.3, -0.25) is 4.79 Å². The van der Waals surface area contributed by atoms with Crippen molar-refractivity contribution >= 4 is 5.91 Å². The minimum atomic E-state index is -0.435. The Bertz CT molecular complexity index is 599. The van der Waals surface area contributed by atoms with Gasteiger partial charge in [0, 0.05) is 17.9 Å². The SMILES string of the molecule is CCCn1c(-c2ccc(F)cc2)cc(C(N)=O)c1C. The molecule has 1 amide bonds. The van der Waals surface area contributed by atoms with Gasteiger partial charge in [0.2, 0.25) is 0 Å². The van der Waals surface area contributed by atoms with E-state index >= 15 is 0 Å². The van der Waals surface area contributed by atoms with E-state index in [2.05, 4.69) is 6.92 Å². The predicted octanol–water partition coefficient (Wildman–Crippen LogP) is 3.11. The van der Waals surface area contributed by atoms with Gasteiger partial charge in [0.25, 0.3) is 5.91 Å². The first-order valence-corrected chi connectivity index (χ1v) is 6.30. The monoisotopic (exact) mass is 260 g/mol. The number of hydrogen-bond acceptors (Lipinski definition) is 1. The lowest BCUT2D eigenvalue weighted by molar-refractivity contribution is 0.0999. The van der Waals surface area contributed by atoms with E-state index in [-0.39, 0.29) is 5.82 Å². The molecule has 0 aliphatic heterocycles. The van der Waals surface area contributed by atoms with Crippen LogP contribution in [0.2, 0.25) is 0 Å². The number of primary amides is 1. The number of rotatable bonds is 4. The molecule has 2 aromatic rings. The predicted molar refractivity (Wildman–Crippen MR) is 73.4 cm³/mol. The molecule has 2 rings (SSSR count). The molecular weight excluding hydrogens is 243 g/mol. The number of halogens is 1. The molecule has 0 aliphatic rings. The van der Waals surface area contributed by atoms with Gasteiger partial charge >= 0.3 is 0 Å². The van der Waals surface area contributed by atoms with Crippen LogP contribution in [-0.4, -0.2) is 10.5 Å². The average molecular weight is 260 g/mol. The standard InChI is InChI=1S/C15H17FN2O/c1-3-8-18-10(2)13(15(17)19)9-14(18)11-4-6-12(16)7-5-11/h4-7,9H,3,8H2,1-2H3,(H2,17,19). The average Bonchev–Trinajstić information content (AvgIpc) is 2.69. The first kappa shape index (κ1) is 13.3. The summed E-state index contributed by atoms with van der Waals surface area (Å²) in [7, 11) is 0. The maximum atomic E-state index is 13.0. The van der Waals surface area contributed by atoms with Crippen molar-refractivity contribution in [3.8, 4) is 11.3 Å². The van der Waals surface area contributed by atoms with Crippen molar-refractivity contribution in [2.24, 2.45) is 5.73 Å². The quantitative estimate of drug-likeness (QED) is 0.902. The Morgan fingerprint density at radius 1 is 1.32 bits per heavy atom. The molecule has 0 fully saturated rings. The van der Waals surface area contributed by atoms with Crippen LogP contribution in [0.15, 0.2) is 30.3 Å². The third-order valence-electron chi connectivity index (χ3n) is 3.22. The smallest absolute Gasteiger partial charge is 0.250 e. The zero-order valence-electron chi connectivity index (χ0n) is 11.1. The van der Waals surface area contributed by atoms with Crippen LogP contribution < -0.4 is 5.73 Å². The molecule has 1 heterocycles. The molecule has 0 radical (unpaired) electrons. The summed E-state index contributed by atoms with van der Waals surface area (Å²) >= 11 is 0. The van der Waals surface area contributed by atoms with Crippen molar-refractivity contribution in [2.45, 2.75) is 26.8 Å². The van der Waals surface area contributed by atoms with Crippen LogP contribution in [0.3, 0.4) is 0 Å². The van der Waals surface area contributed by atoms with E-state index in [0.717, 1.165) is 29.9 Å². The molecular formula is C15H17FN2O. The molecule has 4 heteroatoms. The van der Waals surface area contributed by atoms with Gasteiger partial charge in [-0.1, -0.05) is 6.92 Å². The Morgan fingerprint density at radius 3 is 2.47 bits per heavy atom. The minimum absolute atomic E-state index is 0.274. The number of carbonyl (C=O) groups excluding carboxylic acids is 1. The molecule has 100 valence electrons. The molecule has 0 aliphatic carbocycles. The Labute approximate surface area is 111 Å². The first-order valence-electron chi connectivity index (χ1n) is 6.30. The number of aromatic nitrogens is 1. The van der Waals surface area contributed by atoms with E-state index < -0.39 is 5.91 Å². The van der Waals surface area contributed by atoms with E-state index in [1.807, 2.05) is 11.5 Å². The van der Waals surface area contributed by atoms with Crippen molar-refractivity contribution in [2.75, 3.05) is 0 Å². The molecule has 1 aromatic heterocycles. The molecule has 0 saturated carbocycles. The highest BCUT2D eigenvalue weighted by molar-refractivity contribution is 5.95. The van der Waals surface area contributed by atoms with Crippen LogP contribution in [0.25, 0.3) is 11.3 Å². The van der Waals surface area contributed by atoms with E-state index in [0.29, 0.717) is 5.56 Å². The van der Waals surface area contributed by atoms with Crippen molar-refractivity contribution < 1.29 is 9.18 Å². The maximum absolute atomic E-state index is 13.0. The third kappa shape index (κ3) is 2.52. The van der Waals surface area contributed by atoms with Crippen LogP contribution in [0, 0.1) is 12.7 Å². The molecule has 1 aromatic carbocycles. The lowest BCUT2D eigenvalue weighted by Gasteiger charge is -2.10. The lowest BCUT2D eigenvalue weighted by atomic mass is 10.1. The summed E-state index contributed by atoms with van der Waals surface area (Å²) in [5.41, 5.74) is 8.54. The van der Waals surface area contributed by atoms with Crippen molar-refractivity contribution in [1.29, 1.82) is 0 Å². The van der Waals surface area contributed by atoms with Crippen LogP contribution in [0.4, 0.5) is 4.39 Å². The van der Waals surface area contributed by atoms with Crippen molar-refractivity contribution in [3.05, 3.63) is 47.4 Å². The largest absolute Gasteiger partial charge is 0.366 e. The summed E-state index contributed by atoms with van der Waals surface area (Å²) in [6.45, 7) is 4.74. The normalized spacial score (nSPS) is 10.7. The van der Waals surface area contributed by atoms with Crippen molar-refractivity contribution in [3.63, 3.8) is 0 Å². The fraction of sp³-hybridized carbons (Fsp3) is 0.267. The Kier molecular flexibility index (Phi) is 3.69. The fourth-order valence-electron chi connectivity index (χ4n) is 2.27. The van der Waals surface area contributed by atoms with E-state index in [1.165, 1.54) is 12.1 Å². The van der Waals surface area contributed by atoms with E-state index in [4.69, 9.17) is 5.73 Å². The summed E-state index contributed by atoms with van der Waals surface area (Å²) in [6.07, 6.45) is 0.946. The second kappa shape index (κ2) is 5.26. The lowest BCUT2D eigenvalue weighted by Crippen LogP contribution is -2.12. The number of nitrogens with zero attached hydrogens (tertiary/aromatic N) is 1. The van der Waals surface area contributed by atoms with Crippen LogP contribution in [-0.2, 0) is 6.54 Å². The zero-order chi connectivity index (χ0) is 14.0. The Morgan fingerprint density at radius 2 is 1.95 bits per heavy atom. The molecule has 19 heavy (non-hydrogen) atoms. The van der Waals surface area contributed by atoms with Gasteiger partial charge in [-0.05, 0) is 49.2 Å². The molecule has 0 atom stereocenters. The summed E-state index contributed by atoms with van der Waals surface area (Å²) in [5.74, 6) is -0.708. The Hall–Kier alpha value is -2.10. The van der Waals surface area contributed by atoms with Crippen LogP contribution in [0.1, 0.15) is 29.4 Å². The molecule has 2 N–H and O–H groups in total. The number of hydrogen-bond donors (Lipinski definition) is 1. The van der Waals surface area contributed by atoms with Gasteiger partial charge in [0.05, 0.1) is 5.56 Å². The molecule has 3 nitrogen and oxygen atoms in total. The first-order chi connectivity index (χ1) is 9.04. The van der Waals surface area contributed by atoms with Crippen molar-refractivity contribution in [1.82, 2.24) is 4.57 Å². The van der Waals surface area contributed by atoms with E-state index in [1.54, 1.807) is 18.2 Å². The minimum Gasteiger partial charge on any atom is -0.366 e. The second-order valence-corrected chi connectivity index (χ2v) is 4.55. The van der Waals surface area contributed by atoms with Gasteiger partial charge < -0.3 is 10.3 Å². The van der Waals surface area contributed by atoms with Gasteiger partial charge in [-0.2, -0.15) is 0 Å². The molecule has 0 bridgehead atoms. The molecule has 0 saturated heterocycles. The van der Waals surface area contributed by atoms with Gasteiger partial charge in [-0.25, -0.2) is 4.39 Å². The summed E-state index contributed by atoms with van der Waals surface area (Å²) < 4.78 is 15.0. The fourth-order valence-corrected chi connectivity index (χ4v) is 2.27. The van der Waals surface area contributed by atoms with Crippen LogP contribution >= 0.6 is 0 Å². The molecule has 0 spiro atoms. The topological polar surface area (TPSA) is 48.0 Å². The summed E-state index contributed by atoms with van der Waals surface area (Å²) in [6, 6.07) is 8.03. The van der Waals surface area contributed by atoms with Crippen LogP contribution in [0.5, 0.6) is 0 Å². The zero-order valence-corrected chi connectivity index (χ0v) is 11.1. The maximum Gasteiger partial charge on any atom is 0.250 e. The Balaban J connectivity index is 2.58. The third-order valence-corrected chi connectivity index (χ3v) is 3.22. The van der Waals surface area contributed by atoms with Gasteiger partial charge in [0.1, 0.15) is 5.82 Å². The number of amides is 1. The molecule has 0 unspecified atom stereocenters. The number of nitrogens with two attached hydrogens (primary N) is 1. The highest BCUT2D eigenvalue weighted by atomic mass is 19.1. The highest BCUT2D eigenvalue weighted by Crippen LogP contribution is 2.26. The summed E-state index contributed by atoms with van der Waals surface area (Å²) in [4.78, 5) is 11.4.